The number of aliphatic hydroxyl groups is 1. The quantitative estimate of drug-likeness (QED) is 0.821. The van der Waals surface area contributed by atoms with E-state index in [-0.39, 0.29) is 17.7 Å². The van der Waals surface area contributed by atoms with Crippen LogP contribution in [0, 0.1) is 5.92 Å². The molecule has 0 aliphatic heterocycles. The highest BCUT2D eigenvalue weighted by atomic mass is 16.3. The number of Topliss-reactive ketones (excluding diaryl/α,β-unsaturated/α-hetero) is 1. The molecule has 1 aromatic carbocycles. The number of carbonyl (C=O) groups is 1. The molecule has 2 N–H and O–H groups in total. The first-order valence-electron chi connectivity index (χ1n) is 6.64. The van der Waals surface area contributed by atoms with Gasteiger partial charge in [-0.05, 0) is 38.3 Å². The van der Waals surface area contributed by atoms with Crippen molar-refractivity contribution in [1.82, 2.24) is 0 Å². The Balaban J connectivity index is 2.20. The number of ketones is 1. The third kappa shape index (κ3) is 2.87. The molecule has 3 atom stereocenters. The highest BCUT2D eigenvalue weighted by molar-refractivity contribution is 5.89. The van der Waals surface area contributed by atoms with Gasteiger partial charge in [-0.1, -0.05) is 30.4 Å². The van der Waals surface area contributed by atoms with E-state index in [1.54, 1.807) is 6.92 Å². The normalized spacial score (nSPS) is 31.0. The Kier molecular flexibility index (Phi) is 3.76. The Morgan fingerprint density at radius 3 is 2.63 bits per heavy atom. The minimum atomic E-state index is -1.32. The summed E-state index contributed by atoms with van der Waals surface area (Å²) in [7, 11) is 0. The number of benzene rings is 1. The van der Waals surface area contributed by atoms with Crippen molar-refractivity contribution >= 4 is 11.5 Å². The molecule has 1 aliphatic carbocycles. The van der Waals surface area contributed by atoms with Gasteiger partial charge < -0.3 is 10.4 Å². The lowest BCUT2D eigenvalue weighted by Crippen LogP contribution is -2.55. The van der Waals surface area contributed by atoms with Crippen molar-refractivity contribution < 1.29 is 9.90 Å². The molecule has 2 rings (SSSR count). The van der Waals surface area contributed by atoms with E-state index >= 15 is 0 Å². The standard InChI is InChI=1S/C16H21NO2/c1-11(2)12-9-14(16(3,19)15(18)10-12)17-13-7-5-4-6-8-13/h4-8,12,14,17,19H,1,9-10H2,2-3H3. The zero-order valence-electron chi connectivity index (χ0n) is 11.5. The molecule has 0 aromatic heterocycles. The van der Waals surface area contributed by atoms with E-state index in [0.29, 0.717) is 6.42 Å². The fraction of sp³-hybridized carbons (Fsp3) is 0.438. The van der Waals surface area contributed by atoms with Gasteiger partial charge >= 0.3 is 0 Å². The van der Waals surface area contributed by atoms with Crippen molar-refractivity contribution in [2.24, 2.45) is 5.92 Å². The summed E-state index contributed by atoms with van der Waals surface area (Å²) in [5, 5.41) is 13.7. The molecule has 1 fully saturated rings. The van der Waals surface area contributed by atoms with Gasteiger partial charge in [0.2, 0.25) is 0 Å². The maximum absolute atomic E-state index is 12.1. The molecule has 0 bridgehead atoms. The van der Waals surface area contributed by atoms with Gasteiger partial charge in [-0.25, -0.2) is 0 Å². The summed E-state index contributed by atoms with van der Waals surface area (Å²) in [5.41, 5.74) is 0.605. The second-order valence-corrected chi connectivity index (χ2v) is 5.62. The van der Waals surface area contributed by atoms with Gasteiger partial charge in [-0.3, -0.25) is 4.79 Å². The third-order valence-corrected chi connectivity index (χ3v) is 4.01. The van der Waals surface area contributed by atoms with Crippen LogP contribution in [-0.4, -0.2) is 22.5 Å². The van der Waals surface area contributed by atoms with Gasteiger partial charge in [0.25, 0.3) is 0 Å². The van der Waals surface area contributed by atoms with E-state index in [1.165, 1.54) is 0 Å². The summed E-state index contributed by atoms with van der Waals surface area (Å²) < 4.78 is 0. The van der Waals surface area contributed by atoms with E-state index in [4.69, 9.17) is 0 Å². The number of hydrogen-bond acceptors (Lipinski definition) is 3. The second kappa shape index (κ2) is 5.17. The summed E-state index contributed by atoms with van der Waals surface area (Å²) in [4.78, 5) is 12.1. The predicted molar refractivity (Wildman–Crippen MR) is 77.0 cm³/mol. The molecule has 1 saturated carbocycles. The molecule has 0 saturated heterocycles. The molecule has 102 valence electrons. The molecule has 19 heavy (non-hydrogen) atoms. The van der Waals surface area contributed by atoms with Crippen LogP contribution >= 0.6 is 0 Å². The Morgan fingerprint density at radius 1 is 1.42 bits per heavy atom. The van der Waals surface area contributed by atoms with Crippen molar-refractivity contribution in [2.45, 2.75) is 38.3 Å². The van der Waals surface area contributed by atoms with Crippen LogP contribution in [0.4, 0.5) is 5.69 Å². The van der Waals surface area contributed by atoms with E-state index in [2.05, 4.69) is 11.9 Å². The van der Waals surface area contributed by atoms with E-state index in [9.17, 15) is 9.90 Å². The Morgan fingerprint density at radius 2 is 2.05 bits per heavy atom. The second-order valence-electron chi connectivity index (χ2n) is 5.62. The van der Waals surface area contributed by atoms with Crippen LogP contribution in [0.1, 0.15) is 26.7 Å². The highest BCUT2D eigenvalue weighted by Gasteiger charge is 2.45. The maximum atomic E-state index is 12.1. The molecule has 1 aliphatic rings. The highest BCUT2D eigenvalue weighted by Crippen LogP contribution is 2.34. The molecule has 3 unspecified atom stereocenters. The van der Waals surface area contributed by atoms with E-state index in [0.717, 1.165) is 17.7 Å². The van der Waals surface area contributed by atoms with E-state index < -0.39 is 5.60 Å². The lowest BCUT2D eigenvalue weighted by molar-refractivity contribution is -0.141. The van der Waals surface area contributed by atoms with Gasteiger partial charge in [-0.2, -0.15) is 0 Å². The first kappa shape index (κ1) is 13.8. The summed E-state index contributed by atoms with van der Waals surface area (Å²) >= 11 is 0. The third-order valence-electron chi connectivity index (χ3n) is 4.01. The largest absolute Gasteiger partial charge is 0.380 e. The van der Waals surface area contributed by atoms with Gasteiger partial charge in [0.05, 0.1) is 6.04 Å². The number of para-hydroxylation sites is 1. The van der Waals surface area contributed by atoms with Crippen LogP contribution in [0.25, 0.3) is 0 Å². The Labute approximate surface area is 114 Å². The first-order valence-corrected chi connectivity index (χ1v) is 6.64. The molecule has 0 amide bonds. The van der Waals surface area contributed by atoms with Crippen LogP contribution in [0.5, 0.6) is 0 Å². The maximum Gasteiger partial charge on any atom is 0.166 e. The Hall–Kier alpha value is -1.61. The Bertz CT molecular complexity index is 479. The minimum Gasteiger partial charge on any atom is -0.380 e. The van der Waals surface area contributed by atoms with Gasteiger partial charge in [0.15, 0.2) is 5.78 Å². The number of anilines is 1. The van der Waals surface area contributed by atoms with Crippen molar-refractivity contribution in [3.63, 3.8) is 0 Å². The molecule has 0 spiro atoms. The fourth-order valence-electron chi connectivity index (χ4n) is 2.53. The first-order chi connectivity index (χ1) is 8.91. The number of nitrogens with one attached hydrogen (secondary N) is 1. The lowest BCUT2D eigenvalue weighted by Gasteiger charge is -2.40. The zero-order chi connectivity index (χ0) is 14.0. The average Bonchev–Trinajstić information content (AvgIpc) is 2.36. The van der Waals surface area contributed by atoms with Gasteiger partial charge in [0, 0.05) is 12.1 Å². The molecular weight excluding hydrogens is 238 g/mol. The van der Waals surface area contributed by atoms with Crippen LogP contribution in [-0.2, 0) is 4.79 Å². The van der Waals surface area contributed by atoms with Crippen molar-refractivity contribution in [2.75, 3.05) is 5.32 Å². The summed E-state index contributed by atoms with van der Waals surface area (Å²) in [6.07, 6.45) is 1.11. The fourth-order valence-corrected chi connectivity index (χ4v) is 2.53. The summed E-state index contributed by atoms with van der Waals surface area (Å²) in [5.74, 6) is 0.0362. The molecule has 3 nitrogen and oxygen atoms in total. The van der Waals surface area contributed by atoms with Crippen LogP contribution in [0.2, 0.25) is 0 Å². The molecule has 0 radical (unpaired) electrons. The van der Waals surface area contributed by atoms with Gasteiger partial charge in [0.1, 0.15) is 5.60 Å². The summed E-state index contributed by atoms with van der Waals surface area (Å²) in [6, 6.07) is 9.38. The van der Waals surface area contributed by atoms with Crippen molar-refractivity contribution in [3.05, 3.63) is 42.5 Å². The van der Waals surface area contributed by atoms with Crippen molar-refractivity contribution in [1.29, 1.82) is 0 Å². The number of rotatable bonds is 3. The molecule has 3 heteroatoms. The van der Waals surface area contributed by atoms with Crippen LogP contribution in [0.3, 0.4) is 0 Å². The predicted octanol–water partition coefficient (Wildman–Crippen LogP) is 2.77. The monoisotopic (exact) mass is 259 g/mol. The van der Waals surface area contributed by atoms with Crippen LogP contribution < -0.4 is 5.32 Å². The SMILES string of the molecule is C=C(C)C1CC(=O)C(C)(O)C(Nc2ccccc2)C1. The molecule has 1 aromatic rings. The number of allylic oxidation sites excluding steroid dienone is 1. The van der Waals surface area contributed by atoms with Crippen molar-refractivity contribution in [3.8, 4) is 0 Å². The zero-order valence-corrected chi connectivity index (χ0v) is 11.5. The minimum absolute atomic E-state index is 0.111. The smallest absolute Gasteiger partial charge is 0.166 e. The molecular formula is C16H21NO2. The number of carbonyl (C=O) groups excluding carboxylic acids is 1. The molecule has 0 heterocycles. The average molecular weight is 259 g/mol. The topological polar surface area (TPSA) is 49.3 Å². The summed E-state index contributed by atoms with van der Waals surface area (Å²) in [6.45, 7) is 7.48. The van der Waals surface area contributed by atoms with E-state index in [1.807, 2.05) is 37.3 Å². The number of hydrogen-bond donors (Lipinski definition) is 2. The van der Waals surface area contributed by atoms with Crippen LogP contribution in [0.15, 0.2) is 42.5 Å². The van der Waals surface area contributed by atoms with Gasteiger partial charge in [-0.15, -0.1) is 0 Å². The lowest BCUT2D eigenvalue weighted by atomic mass is 9.73.